The van der Waals surface area contributed by atoms with E-state index in [1.165, 1.54) is 24.3 Å². The van der Waals surface area contributed by atoms with Crippen LogP contribution in [0.15, 0.2) is 34.7 Å². The van der Waals surface area contributed by atoms with Gasteiger partial charge in [-0.25, -0.2) is 13.8 Å². The quantitative estimate of drug-likeness (QED) is 0.224. The van der Waals surface area contributed by atoms with Crippen molar-refractivity contribution in [3.63, 3.8) is 0 Å². The average molecular weight is 616 g/mol. The fourth-order valence-electron chi connectivity index (χ4n) is 6.17. The smallest absolute Gasteiger partial charge is 0.313 e. The summed E-state index contributed by atoms with van der Waals surface area (Å²) in [7, 11) is 0. The first-order chi connectivity index (χ1) is 20.3. The zero-order chi connectivity index (χ0) is 29.4. The van der Waals surface area contributed by atoms with E-state index in [-0.39, 0.29) is 57.6 Å². The molecule has 0 spiro atoms. The van der Waals surface area contributed by atoms with Crippen molar-refractivity contribution in [2.75, 3.05) is 5.73 Å². The molecule has 220 valence electrons. The number of anilines is 1. The highest BCUT2D eigenvalue weighted by atomic mass is 35.5. The Hall–Kier alpha value is -3.50. The van der Waals surface area contributed by atoms with E-state index in [1.807, 2.05) is 0 Å². The Morgan fingerprint density at radius 3 is 2.43 bits per heavy atom. The molecule has 0 unspecified atom stereocenters. The molecule has 1 amide bonds. The van der Waals surface area contributed by atoms with Crippen molar-refractivity contribution in [2.24, 2.45) is 0 Å². The van der Waals surface area contributed by atoms with Crippen molar-refractivity contribution in [1.29, 1.82) is 0 Å². The maximum absolute atomic E-state index is 16.3. The summed E-state index contributed by atoms with van der Waals surface area (Å²) in [4.78, 5) is 18.2. The molecule has 2 fully saturated rings. The van der Waals surface area contributed by atoms with Gasteiger partial charge in [-0.2, -0.15) is 0 Å². The number of imidazole rings is 1. The van der Waals surface area contributed by atoms with E-state index >= 15 is 4.39 Å². The van der Waals surface area contributed by atoms with E-state index in [1.54, 1.807) is 10.6 Å². The fraction of sp³-hybridized carbons (Fsp3) is 0.400. The van der Waals surface area contributed by atoms with Gasteiger partial charge in [-0.05, 0) is 55.5 Å². The van der Waals surface area contributed by atoms with E-state index in [0.717, 1.165) is 57.8 Å². The number of hydrogen-bond donors (Lipinski definition) is 2. The highest BCUT2D eigenvalue weighted by Gasteiger charge is 2.33. The first-order valence-corrected chi connectivity index (χ1v) is 15.0. The normalized spacial score (nSPS) is 16.3. The molecule has 0 saturated heterocycles. The zero-order valence-electron chi connectivity index (χ0n) is 22.8. The van der Waals surface area contributed by atoms with E-state index in [9.17, 15) is 9.18 Å². The standard InChI is InChI=1S/C30H30Cl2F2N6O2/c31-20-12-10-18(15-23(41)36-19-8-4-5-9-19)26(24(20)34)40-27(17-11-13-22(33)21(32)14-17)25(29-38-39-30(35)42-29)37-28(40)16-6-2-1-3-7-16/h10-14,16,19H,1-9,15H2,(H2,35,39)(H,36,41). The molecule has 2 heterocycles. The number of nitrogens with one attached hydrogen (secondary N) is 1. The second-order valence-electron chi connectivity index (χ2n) is 11.0. The molecule has 2 saturated carbocycles. The molecule has 0 radical (unpaired) electrons. The molecular formula is C30H30Cl2F2N6O2. The molecule has 2 aliphatic carbocycles. The van der Waals surface area contributed by atoms with Crippen molar-refractivity contribution in [3.8, 4) is 28.5 Å². The van der Waals surface area contributed by atoms with Gasteiger partial charge in [0, 0.05) is 17.5 Å². The molecule has 0 bridgehead atoms. The van der Waals surface area contributed by atoms with E-state index in [2.05, 4.69) is 15.5 Å². The molecule has 2 aromatic carbocycles. The summed E-state index contributed by atoms with van der Waals surface area (Å²) in [6.07, 6.45) is 8.60. The third kappa shape index (κ3) is 5.62. The number of benzene rings is 2. The summed E-state index contributed by atoms with van der Waals surface area (Å²) < 4.78 is 37.9. The van der Waals surface area contributed by atoms with Crippen LogP contribution in [0.3, 0.4) is 0 Å². The van der Waals surface area contributed by atoms with Gasteiger partial charge in [0.05, 0.1) is 27.8 Å². The van der Waals surface area contributed by atoms with Crippen LogP contribution in [0.1, 0.15) is 75.1 Å². The lowest BCUT2D eigenvalue weighted by Gasteiger charge is -2.25. The van der Waals surface area contributed by atoms with Crippen LogP contribution < -0.4 is 11.1 Å². The Morgan fingerprint density at radius 2 is 1.74 bits per heavy atom. The van der Waals surface area contributed by atoms with Crippen molar-refractivity contribution in [2.45, 2.75) is 76.2 Å². The van der Waals surface area contributed by atoms with Gasteiger partial charge >= 0.3 is 6.01 Å². The highest BCUT2D eigenvalue weighted by Crippen LogP contribution is 2.43. The molecule has 3 N–H and O–H groups in total. The summed E-state index contributed by atoms with van der Waals surface area (Å²) in [5.41, 5.74) is 7.30. The molecule has 42 heavy (non-hydrogen) atoms. The first-order valence-electron chi connectivity index (χ1n) is 14.2. The summed E-state index contributed by atoms with van der Waals surface area (Å²) >= 11 is 12.6. The van der Waals surface area contributed by atoms with Crippen LogP contribution in [0.5, 0.6) is 0 Å². The van der Waals surface area contributed by atoms with Crippen LogP contribution in [0.25, 0.3) is 28.5 Å². The van der Waals surface area contributed by atoms with Gasteiger partial charge in [-0.15, -0.1) is 5.10 Å². The minimum absolute atomic E-state index is 0.0155. The number of carbonyl (C=O) groups excluding carboxylic acids is 1. The number of hydrogen-bond acceptors (Lipinski definition) is 6. The number of aromatic nitrogens is 4. The number of halogens is 4. The SMILES string of the molecule is Nc1nnc(-c2nc(C3CCCCC3)n(-c3c(CC(=O)NC4CCCC4)ccc(Cl)c3F)c2-c2ccc(F)c(Cl)c2)o1. The number of nitrogens with zero attached hydrogens (tertiary/aromatic N) is 4. The summed E-state index contributed by atoms with van der Waals surface area (Å²) in [5, 5.41) is 10.7. The Labute approximate surface area is 251 Å². The molecular weight excluding hydrogens is 585 g/mol. The predicted molar refractivity (Wildman–Crippen MR) is 157 cm³/mol. The minimum atomic E-state index is -0.705. The third-order valence-corrected chi connectivity index (χ3v) is 8.74. The predicted octanol–water partition coefficient (Wildman–Crippen LogP) is 7.41. The Kier molecular flexibility index (Phi) is 8.18. The van der Waals surface area contributed by atoms with E-state index < -0.39 is 11.6 Å². The Morgan fingerprint density at radius 1 is 1.00 bits per heavy atom. The molecule has 12 heteroatoms. The fourth-order valence-corrected chi connectivity index (χ4v) is 6.51. The molecule has 4 aromatic rings. The Bertz CT molecular complexity index is 1630. The molecule has 8 nitrogen and oxygen atoms in total. The van der Waals surface area contributed by atoms with Crippen LogP contribution in [-0.4, -0.2) is 31.7 Å². The maximum atomic E-state index is 16.3. The lowest BCUT2D eigenvalue weighted by molar-refractivity contribution is -0.121. The molecule has 2 aliphatic rings. The summed E-state index contributed by atoms with van der Waals surface area (Å²) in [6, 6.07) is 7.24. The summed E-state index contributed by atoms with van der Waals surface area (Å²) in [5.74, 6) is -0.997. The summed E-state index contributed by atoms with van der Waals surface area (Å²) in [6.45, 7) is 0. The van der Waals surface area contributed by atoms with Crippen LogP contribution in [0, 0.1) is 11.6 Å². The first kappa shape index (κ1) is 28.6. The third-order valence-electron chi connectivity index (χ3n) is 8.16. The number of carbonyl (C=O) groups is 1. The van der Waals surface area contributed by atoms with Gasteiger partial charge < -0.3 is 15.5 Å². The van der Waals surface area contributed by atoms with Crippen molar-refractivity contribution >= 4 is 35.1 Å². The van der Waals surface area contributed by atoms with Crippen molar-refractivity contribution < 1.29 is 18.0 Å². The monoisotopic (exact) mass is 614 g/mol. The lowest BCUT2D eigenvalue weighted by Crippen LogP contribution is -2.34. The molecule has 6 rings (SSSR count). The van der Waals surface area contributed by atoms with E-state index in [4.69, 9.17) is 38.3 Å². The number of rotatable bonds is 7. The van der Waals surface area contributed by atoms with Crippen LogP contribution in [0.4, 0.5) is 14.8 Å². The zero-order valence-corrected chi connectivity index (χ0v) is 24.3. The molecule has 0 aliphatic heterocycles. The van der Waals surface area contributed by atoms with Gasteiger partial charge in [0.15, 0.2) is 11.5 Å². The number of amides is 1. The van der Waals surface area contributed by atoms with Gasteiger partial charge in [0.2, 0.25) is 5.91 Å². The lowest BCUT2D eigenvalue weighted by atomic mass is 9.88. The average Bonchev–Trinajstić information content (AvgIpc) is 3.73. The molecule has 0 atom stereocenters. The Balaban J connectivity index is 1.60. The minimum Gasteiger partial charge on any atom is -0.402 e. The van der Waals surface area contributed by atoms with Gasteiger partial charge in [-0.3, -0.25) is 9.36 Å². The van der Waals surface area contributed by atoms with E-state index in [0.29, 0.717) is 22.6 Å². The van der Waals surface area contributed by atoms with Crippen molar-refractivity contribution in [1.82, 2.24) is 25.1 Å². The second-order valence-corrected chi connectivity index (χ2v) is 11.8. The number of nitrogens with two attached hydrogens (primary N) is 1. The van der Waals surface area contributed by atoms with Gasteiger partial charge in [0.1, 0.15) is 11.6 Å². The van der Waals surface area contributed by atoms with Gasteiger partial charge in [-0.1, -0.05) is 66.5 Å². The van der Waals surface area contributed by atoms with Gasteiger partial charge in [0.25, 0.3) is 5.89 Å². The largest absolute Gasteiger partial charge is 0.402 e. The van der Waals surface area contributed by atoms with Crippen molar-refractivity contribution in [3.05, 3.63) is 63.4 Å². The topological polar surface area (TPSA) is 112 Å². The molecule has 2 aromatic heterocycles. The van der Waals surface area contributed by atoms with Crippen LogP contribution in [-0.2, 0) is 11.2 Å². The maximum Gasteiger partial charge on any atom is 0.313 e. The van der Waals surface area contributed by atoms with Crippen LogP contribution in [0.2, 0.25) is 10.0 Å². The number of nitrogen functional groups attached to an aromatic ring is 1. The van der Waals surface area contributed by atoms with Crippen LogP contribution >= 0.6 is 23.2 Å². The highest BCUT2D eigenvalue weighted by molar-refractivity contribution is 6.31. The second kappa shape index (κ2) is 12.0.